The van der Waals surface area contributed by atoms with Crippen LogP contribution in [-0.4, -0.2) is 37.6 Å². The Morgan fingerprint density at radius 2 is 2.06 bits per heavy atom. The number of allylic oxidation sites excluding steroid dienone is 1. The van der Waals surface area contributed by atoms with E-state index in [0.717, 1.165) is 26.1 Å². The van der Waals surface area contributed by atoms with Crippen LogP contribution in [0.25, 0.3) is 0 Å². The van der Waals surface area contributed by atoms with Crippen molar-refractivity contribution in [1.29, 1.82) is 0 Å². The van der Waals surface area contributed by atoms with Crippen molar-refractivity contribution >= 4 is 0 Å². The molecule has 2 nitrogen and oxygen atoms in total. The van der Waals surface area contributed by atoms with E-state index in [1.54, 1.807) is 0 Å². The van der Waals surface area contributed by atoms with E-state index in [4.69, 9.17) is 0 Å². The van der Waals surface area contributed by atoms with E-state index in [0.29, 0.717) is 0 Å². The molecule has 0 unspecified atom stereocenters. The lowest BCUT2D eigenvalue weighted by molar-refractivity contribution is 0.264. The molecule has 92 valence electrons. The minimum absolute atomic E-state index is 1.05. The molecule has 1 aliphatic rings. The number of piperazine rings is 1. The number of hydrogen-bond donors (Lipinski definition) is 1. The standard InChI is InChI=1S/C15H22N2/c1-14-5-4-7-15(13-14)6-2-3-10-17-11-8-16-9-12-17/h2-5,7,13,16H,6,8-12H2,1H3/b3-2-. The van der Waals surface area contributed by atoms with E-state index >= 15 is 0 Å². The molecule has 0 spiro atoms. The Morgan fingerprint density at radius 1 is 1.24 bits per heavy atom. The highest BCUT2D eigenvalue weighted by Gasteiger charge is 2.06. The number of benzene rings is 1. The summed E-state index contributed by atoms with van der Waals surface area (Å²) in [7, 11) is 0. The van der Waals surface area contributed by atoms with Crippen LogP contribution in [0.3, 0.4) is 0 Å². The van der Waals surface area contributed by atoms with Gasteiger partial charge in [-0.1, -0.05) is 42.0 Å². The van der Waals surface area contributed by atoms with E-state index in [1.165, 1.54) is 24.2 Å². The second kappa shape index (κ2) is 6.58. The van der Waals surface area contributed by atoms with Crippen LogP contribution in [0.5, 0.6) is 0 Å². The summed E-state index contributed by atoms with van der Waals surface area (Å²) in [6.45, 7) is 7.85. The Labute approximate surface area is 104 Å². The van der Waals surface area contributed by atoms with Crippen molar-refractivity contribution in [1.82, 2.24) is 10.2 Å². The van der Waals surface area contributed by atoms with Gasteiger partial charge in [-0.3, -0.25) is 4.90 Å². The van der Waals surface area contributed by atoms with Gasteiger partial charge in [0.2, 0.25) is 0 Å². The second-order valence-electron chi connectivity index (χ2n) is 4.72. The van der Waals surface area contributed by atoms with Gasteiger partial charge in [0.1, 0.15) is 0 Å². The Bertz CT molecular complexity index is 365. The molecular weight excluding hydrogens is 208 g/mol. The van der Waals surface area contributed by atoms with Crippen LogP contribution < -0.4 is 5.32 Å². The molecule has 17 heavy (non-hydrogen) atoms. The highest BCUT2D eigenvalue weighted by Crippen LogP contribution is 2.05. The molecule has 2 rings (SSSR count). The Kier molecular flexibility index (Phi) is 4.77. The quantitative estimate of drug-likeness (QED) is 0.796. The van der Waals surface area contributed by atoms with Crippen molar-refractivity contribution < 1.29 is 0 Å². The Balaban J connectivity index is 1.73. The Morgan fingerprint density at radius 3 is 2.82 bits per heavy atom. The lowest BCUT2D eigenvalue weighted by Gasteiger charge is -2.25. The Hall–Kier alpha value is -1.12. The number of rotatable bonds is 4. The zero-order valence-electron chi connectivity index (χ0n) is 10.7. The molecule has 1 fully saturated rings. The van der Waals surface area contributed by atoms with Crippen molar-refractivity contribution in [2.75, 3.05) is 32.7 Å². The molecule has 0 amide bonds. The van der Waals surface area contributed by atoms with Gasteiger partial charge >= 0.3 is 0 Å². The van der Waals surface area contributed by atoms with Crippen LogP contribution in [0.15, 0.2) is 36.4 Å². The monoisotopic (exact) mass is 230 g/mol. The van der Waals surface area contributed by atoms with Crippen molar-refractivity contribution in [2.45, 2.75) is 13.3 Å². The largest absolute Gasteiger partial charge is 0.314 e. The average molecular weight is 230 g/mol. The zero-order chi connectivity index (χ0) is 11.9. The van der Waals surface area contributed by atoms with Gasteiger partial charge in [-0.2, -0.15) is 0 Å². The smallest absolute Gasteiger partial charge is 0.0164 e. The minimum Gasteiger partial charge on any atom is -0.314 e. The highest BCUT2D eigenvalue weighted by atomic mass is 15.2. The molecule has 1 heterocycles. The SMILES string of the molecule is Cc1cccc(C/C=C\CN2CCNCC2)c1. The number of nitrogens with one attached hydrogen (secondary N) is 1. The highest BCUT2D eigenvalue weighted by molar-refractivity contribution is 5.23. The fraction of sp³-hybridized carbons (Fsp3) is 0.467. The third-order valence-corrected chi connectivity index (χ3v) is 3.18. The lowest BCUT2D eigenvalue weighted by Crippen LogP contribution is -2.43. The molecule has 1 aliphatic heterocycles. The third-order valence-electron chi connectivity index (χ3n) is 3.18. The number of aryl methyl sites for hydroxylation is 1. The molecule has 2 heteroatoms. The molecule has 0 radical (unpaired) electrons. The number of hydrogen-bond acceptors (Lipinski definition) is 2. The van der Waals surface area contributed by atoms with Gasteiger partial charge in [0, 0.05) is 32.7 Å². The van der Waals surface area contributed by atoms with Crippen LogP contribution in [0.4, 0.5) is 0 Å². The third kappa shape index (κ3) is 4.33. The summed E-state index contributed by atoms with van der Waals surface area (Å²) >= 11 is 0. The van der Waals surface area contributed by atoms with Gasteiger partial charge in [-0.15, -0.1) is 0 Å². The molecule has 1 aromatic rings. The molecule has 1 saturated heterocycles. The molecule has 0 saturated carbocycles. The summed E-state index contributed by atoms with van der Waals surface area (Å²) in [6.07, 6.45) is 5.64. The van der Waals surface area contributed by atoms with Gasteiger partial charge in [-0.05, 0) is 18.9 Å². The molecule has 0 bridgehead atoms. The lowest BCUT2D eigenvalue weighted by atomic mass is 10.1. The van der Waals surface area contributed by atoms with Gasteiger partial charge in [0.15, 0.2) is 0 Å². The van der Waals surface area contributed by atoms with Crippen molar-refractivity contribution in [2.24, 2.45) is 0 Å². The van der Waals surface area contributed by atoms with E-state index < -0.39 is 0 Å². The predicted octanol–water partition coefficient (Wildman–Crippen LogP) is 2.00. The van der Waals surface area contributed by atoms with Gasteiger partial charge in [0.05, 0.1) is 0 Å². The topological polar surface area (TPSA) is 15.3 Å². The summed E-state index contributed by atoms with van der Waals surface area (Å²) < 4.78 is 0. The first kappa shape index (κ1) is 12.3. The molecule has 0 atom stereocenters. The summed E-state index contributed by atoms with van der Waals surface area (Å²) in [6, 6.07) is 8.74. The fourth-order valence-electron chi connectivity index (χ4n) is 2.18. The van der Waals surface area contributed by atoms with Gasteiger partial charge in [-0.25, -0.2) is 0 Å². The van der Waals surface area contributed by atoms with E-state index in [1.807, 2.05) is 0 Å². The molecule has 0 aliphatic carbocycles. The first-order valence-electron chi connectivity index (χ1n) is 6.48. The normalized spacial score (nSPS) is 17.7. The van der Waals surface area contributed by atoms with Gasteiger partial charge in [0.25, 0.3) is 0 Å². The van der Waals surface area contributed by atoms with Crippen LogP contribution in [0, 0.1) is 6.92 Å². The zero-order valence-corrected chi connectivity index (χ0v) is 10.7. The average Bonchev–Trinajstić information content (AvgIpc) is 2.36. The fourth-order valence-corrected chi connectivity index (χ4v) is 2.18. The van der Waals surface area contributed by atoms with E-state index in [2.05, 4.69) is 53.6 Å². The van der Waals surface area contributed by atoms with Crippen LogP contribution in [0.2, 0.25) is 0 Å². The first-order chi connectivity index (χ1) is 8.34. The summed E-state index contributed by atoms with van der Waals surface area (Å²) in [5.41, 5.74) is 2.75. The molecule has 0 aromatic heterocycles. The summed E-state index contributed by atoms with van der Waals surface area (Å²) in [5, 5.41) is 3.37. The van der Waals surface area contributed by atoms with Crippen molar-refractivity contribution in [3.8, 4) is 0 Å². The molecule has 1 aromatic carbocycles. The van der Waals surface area contributed by atoms with Crippen LogP contribution in [-0.2, 0) is 6.42 Å². The molecule has 1 N–H and O–H groups in total. The first-order valence-corrected chi connectivity index (χ1v) is 6.48. The predicted molar refractivity (Wildman–Crippen MR) is 73.3 cm³/mol. The van der Waals surface area contributed by atoms with E-state index in [9.17, 15) is 0 Å². The van der Waals surface area contributed by atoms with Crippen LogP contribution in [0.1, 0.15) is 11.1 Å². The van der Waals surface area contributed by atoms with E-state index in [-0.39, 0.29) is 0 Å². The maximum Gasteiger partial charge on any atom is 0.0164 e. The van der Waals surface area contributed by atoms with Crippen LogP contribution >= 0.6 is 0 Å². The summed E-state index contributed by atoms with van der Waals surface area (Å²) in [4.78, 5) is 2.49. The number of nitrogens with zero attached hydrogens (tertiary/aromatic N) is 1. The van der Waals surface area contributed by atoms with Gasteiger partial charge < -0.3 is 5.32 Å². The van der Waals surface area contributed by atoms with Crippen molar-refractivity contribution in [3.05, 3.63) is 47.5 Å². The summed E-state index contributed by atoms with van der Waals surface area (Å²) in [5.74, 6) is 0. The maximum atomic E-state index is 3.37. The molecular formula is C15H22N2. The maximum absolute atomic E-state index is 3.37. The van der Waals surface area contributed by atoms with Crippen molar-refractivity contribution in [3.63, 3.8) is 0 Å². The minimum atomic E-state index is 1.05. The second-order valence-corrected chi connectivity index (χ2v) is 4.72.